The maximum atomic E-state index is 5.59. The fourth-order valence-corrected chi connectivity index (χ4v) is 1.38. The summed E-state index contributed by atoms with van der Waals surface area (Å²) in [6, 6.07) is 1.97. The Kier molecular flexibility index (Phi) is 2.23. The second-order valence-corrected chi connectivity index (χ2v) is 2.88. The quantitative estimate of drug-likeness (QED) is 0.643. The smallest absolute Gasteiger partial charge is 0.0996 e. The lowest BCUT2D eigenvalue weighted by Crippen LogP contribution is -2.03. The first-order valence-electron chi connectivity index (χ1n) is 4.22. The lowest BCUT2D eigenvalue weighted by molar-refractivity contribution is 0.0692. The Hall–Kier alpha value is -1.09. The van der Waals surface area contributed by atoms with Gasteiger partial charge < -0.3 is 4.74 Å². The summed E-state index contributed by atoms with van der Waals surface area (Å²) in [6.45, 7) is 0.712. The van der Waals surface area contributed by atoms with Gasteiger partial charge in [0.2, 0.25) is 0 Å². The first kappa shape index (κ1) is 7.55. The molecule has 12 heavy (non-hydrogen) atoms. The SMILES string of the molecule is C1=CCOC(c2ccn[nH]2)CC1. The zero-order chi connectivity index (χ0) is 8.23. The van der Waals surface area contributed by atoms with Gasteiger partial charge in [0.15, 0.2) is 0 Å². The van der Waals surface area contributed by atoms with Gasteiger partial charge in [0, 0.05) is 6.20 Å². The van der Waals surface area contributed by atoms with Gasteiger partial charge in [-0.15, -0.1) is 0 Å². The highest BCUT2D eigenvalue weighted by atomic mass is 16.5. The van der Waals surface area contributed by atoms with Gasteiger partial charge in [-0.1, -0.05) is 12.2 Å². The molecule has 0 aliphatic carbocycles. The van der Waals surface area contributed by atoms with Crippen molar-refractivity contribution in [2.24, 2.45) is 0 Å². The summed E-state index contributed by atoms with van der Waals surface area (Å²) in [7, 11) is 0. The van der Waals surface area contributed by atoms with Crippen molar-refractivity contribution in [1.82, 2.24) is 10.2 Å². The number of rotatable bonds is 1. The summed E-state index contributed by atoms with van der Waals surface area (Å²) in [5.41, 5.74) is 1.08. The molecule has 0 saturated carbocycles. The number of ether oxygens (including phenoxy) is 1. The molecular weight excluding hydrogens is 152 g/mol. The monoisotopic (exact) mass is 164 g/mol. The number of aromatic nitrogens is 2. The van der Waals surface area contributed by atoms with Crippen LogP contribution in [0.25, 0.3) is 0 Å². The Labute approximate surface area is 71.4 Å². The fraction of sp³-hybridized carbons (Fsp3) is 0.444. The van der Waals surface area contributed by atoms with Crippen molar-refractivity contribution < 1.29 is 4.74 Å². The Morgan fingerprint density at radius 1 is 1.50 bits per heavy atom. The molecule has 0 saturated heterocycles. The molecule has 1 aliphatic heterocycles. The summed E-state index contributed by atoms with van der Waals surface area (Å²) in [6.07, 6.45) is 8.31. The molecule has 0 radical (unpaired) electrons. The van der Waals surface area contributed by atoms with Crippen molar-refractivity contribution in [2.45, 2.75) is 18.9 Å². The Bertz CT molecular complexity index is 244. The van der Waals surface area contributed by atoms with Gasteiger partial charge in [-0.3, -0.25) is 5.10 Å². The molecule has 0 fully saturated rings. The number of aromatic amines is 1. The van der Waals surface area contributed by atoms with Crippen LogP contribution in [0.4, 0.5) is 0 Å². The van der Waals surface area contributed by atoms with E-state index >= 15 is 0 Å². The fourth-order valence-electron chi connectivity index (χ4n) is 1.38. The maximum absolute atomic E-state index is 5.59. The largest absolute Gasteiger partial charge is 0.368 e. The highest BCUT2D eigenvalue weighted by molar-refractivity contribution is 5.03. The molecule has 3 nitrogen and oxygen atoms in total. The third-order valence-electron chi connectivity index (χ3n) is 2.02. The maximum Gasteiger partial charge on any atom is 0.0996 e. The highest BCUT2D eigenvalue weighted by Gasteiger charge is 2.13. The van der Waals surface area contributed by atoms with E-state index in [0.29, 0.717) is 6.61 Å². The average molecular weight is 164 g/mol. The second kappa shape index (κ2) is 3.54. The van der Waals surface area contributed by atoms with E-state index in [2.05, 4.69) is 22.3 Å². The van der Waals surface area contributed by atoms with Gasteiger partial charge in [-0.25, -0.2) is 0 Å². The third kappa shape index (κ3) is 1.56. The Balaban J connectivity index is 2.05. The average Bonchev–Trinajstić information content (AvgIpc) is 2.48. The van der Waals surface area contributed by atoms with E-state index in [-0.39, 0.29) is 6.10 Å². The van der Waals surface area contributed by atoms with E-state index in [1.54, 1.807) is 6.20 Å². The Morgan fingerprint density at radius 3 is 3.33 bits per heavy atom. The topological polar surface area (TPSA) is 37.9 Å². The van der Waals surface area contributed by atoms with Gasteiger partial charge in [0.05, 0.1) is 18.4 Å². The van der Waals surface area contributed by atoms with Crippen LogP contribution >= 0.6 is 0 Å². The number of allylic oxidation sites excluding steroid dienone is 1. The molecule has 3 heteroatoms. The predicted molar refractivity (Wildman–Crippen MR) is 45.7 cm³/mol. The van der Waals surface area contributed by atoms with Gasteiger partial charge in [0.25, 0.3) is 0 Å². The van der Waals surface area contributed by atoms with Crippen molar-refractivity contribution in [3.63, 3.8) is 0 Å². The second-order valence-electron chi connectivity index (χ2n) is 2.88. The molecule has 64 valence electrons. The number of hydrogen-bond acceptors (Lipinski definition) is 2. The van der Waals surface area contributed by atoms with Crippen LogP contribution in [0.1, 0.15) is 24.6 Å². The predicted octanol–water partition coefficient (Wildman–Crippen LogP) is 1.82. The summed E-state index contributed by atoms with van der Waals surface area (Å²) in [5, 5.41) is 6.83. The summed E-state index contributed by atoms with van der Waals surface area (Å²) >= 11 is 0. The van der Waals surface area contributed by atoms with Crippen LogP contribution in [0.2, 0.25) is 0 Å². The van der Waals surface area contributed by atoms with Crippen molar-refractivity contribution in [1.29, 1.82) is 0 Å². The molecule has 0 bridgehead atoms. The van der Waals surface area contributed by atoms with Gasteiger partial charge in [-0.05, 0) is 18.9 Å². The zero-order valence-electron chi connectivity index (χ0n) is 6.86. The Morgan fingerprint density at radius 2 is 2.50 bits per heavy atom. The van der Waals surface area contributed by atoms with Crippen molar-refractivity contribution in [3.8, 4) is 0 Å². The zero-order valence-corrected chi connectivity index (χ0v) is 6.86. The molecule has 0 aromatic carbocycles. The van der Waals surface area contributed by atoms with Gasteiger partial charge in [-0.2, -0.15) is 5.10 Å². The molecule has 1 atom stereocenters. The number of H-pyrrole nitrogens is 1. The normalized spacial score (nSPS) is 23.8. The molecular formula is C9H12N2O. The lowest BCUT2D eigenvalue weighted by atomic mass is 10.1. The van der Waals surface area contributed by atoms with E-state index in [1.807, 2.05) is 6.07 Å². The standard InChI is InChI=1S/C9H12N2O/c1-2-4-9(12-7-3-1)8-5-6-10-11-8/h1,3,5-6,9H,2,4,7H2,(H,10,11). The minimum absolute atomic E-state index is 0.197. The molecule has 1 unspecified atom stereocenters. The van der Waals surface area contributed by atoms with E-state index in [1.165, 1.54) is 0 Å². The molecule has 2 heterocycles. The van der Waals surface area contributed by atoms with Crippen LogP contribution < -0.4 is 0 Å². The molecule has 1 aromatic rings. The molecule has 2 rings (SSSR count). The highest BCUT2D eigenvalue weighted by Crippen LogP contribution is 2.22. The molecule has 0 spiro atoms. The number of hydrogen-bond donors (Lipinski definition) is 1. The van der Waals surface area contributed by atoms with Gasteiger partial charge >= 0.3 is 0 Å². The van der Waals surface area contributed by atoms with Crippen molar-refractivity contribution >= 4 is 0 Å². The van der Waals surface area contributed by atoms with E-state index in [0.717, 1.165) is 18.5 Å². The summed E-state index contributed by atoms with van der Waals surface area (Å²) < 4.78 is 5.59. The minimum Gasteiger partial charge on any atom is -0.368 e. The van der Waals surface area contributed by atoms with Crippen LogP contribution in [0.15, 0.2) is 24.4 Å². The number of nitrogens with one attached hydrogen (secondary N) is 1. The van der Waals surface area contributed by atoms with E-state index in [9.17, 15) is 0 Å². The van der Waals surface area contributed by atoms with Crippen LogP contribution in [-0.4, -0.2) is 16.8 Å². The van der Waals surface area contributed by atoms with Crippen molar-refractivity contribution in [2.75, 3.05) is 6.61 Å². The minimum atomic E-state index is 0.197. The van der Waals surface area contributed by atoms with Crippen molar-refractivity contribution in [3.05, 3.63) is 30.1 Å². The molecule has 1 aromatic heterocycles. The first-order valence-corrected chi connectivity index (χ1v) is 4.22. The van der Waals surface area contributed by atoms with Gasteiger partial charge in [0.1, 0.15) is 0 Å². The van der Waals surface area contributed by atoms with E-state index < -0.39 is 0 Å². The summed E-state index contributed by atoms with van der Waals surface area (Å²) in [4.78, 5) is 0. The van der Waals surface area contributed by atoms with Crippen LogP contribution in [0.5, 0.6) is 0 Å². The molecule has 1 aliphatic rings. The third-order valence-corrected chi connectivity index (χ3v) is 2.02. The van der Waals surface area contributed by atoms with E-state index in [4.69, 9.17) is 4.74 Å². The lowest BCUT2D eigenvalue weighted by Gasteiger charge is -2.11. The summed E-state index contributed by atoms with van der Waals surface area (Å²) in [5.74, 6) is 0. The number of nitrogens with zero attached hydrogens (tertiary/aromatic N) is 1. The molecule has 1 N–H and O–H groups in total. The van der Waals surface area contributed by atoms with Crippen LogP contribution in [0, 0.1) is 0 Å². The molecule has 0 amide bonds. The van der Waals surface area contributed by atoms with Crippen LogP contribution in [0.3, 0.4) is 0 Å². The van der Waals surface area contributed by atoms with Crippen LogP contribution in [-0.2, 0) is 4.74 Å². The first-order chi connectivity index (χ1) is 5.97.